The van der Waals surface area contributed by atoms with Gasteiger partial charge in [-0.3, -0.25) is 4.79 Å². The van der Waals surface area contributed by atoms with Crippen molar-refractivity contribution < 1.29 is 23.0 Å². The Balaban J connectivity index is 1.89. The number of hydrogen-bond donors (Lipinski definition) is 1. The van der Waals surface area contributed by atoms with Crippen LogP contribution in [0.5, 0.6) is 5.75 Å². The molecular formula is C20H24FN5O4. The van der Waals surface area contributed by atoms with Gasteiger partial charge in [-0.05, 0) is 18.2 Å². The molecule has 0 saturated heterocycles. The maximum atomic E-state index is 13.8. The number of carbonyl (C=O) groups is 1. The van der Waals surface area contributed by atoms with E-state index in [0.717, 1.165) is 0 Å². The average Bonchev–Trinajstić information content (AvgIpc) is 3.33. The number of anilines is 1. The van der Waals surface area contributed by atoms with E-state index in [4.69, 9.17) is 13.8 Å². The lowest BCUT2D eigenvalue weighted by Gasteiger charge is -2.11. The van der Waals surface area contributed by atoms with Crippen molar-refractivity contribution in [1.82, 2.24) is 20.6 Å². The van der Waals surface area contributed by atoms with E-state index in [2.05, 4.69) is 20.6 Å². The van der Waals surface area contributed by atoms with Crippen LogP contribution in [-0.2, 0) is 12.0 Å². The summed E-state index contributed by atoms with van der Waals surface area (Å²) in [4.78, 5) is 18.9. The topological polar surface area (TPSA) is 107 Å². The van der Waals surface area contributed by atoms with E-state index in [1.807, 2.05) is 20.8 Å². The number of benzene rings is 1. The van der Waals surface area contributed by atoms with Crippen molar-refractivity contribution in [2.24, 2.45) is 0 Å². The molecule has 0 unspecified atom stereocenters. The Kier molecular flexibility index (Phi) is 5.77. The lowest BCUT2D eigenvalue weighted by molar-refractivity contribution is 0.0947. The van der Waals surface area contributed by atoms with Crippen LogP contribution in [0.25, 0.3) is 11.3 Å². The van der Waals surface area contributed by atoms with Gasteiger partial charge < -0.3 is 24.0 Å². The largest absolute Gasteiger partial charge is 0.494 e. The lowest BCUT2D eigenvalue weighted by atomic mass is 9.96. The smallest absolute Gasteiger partial charge is 0.259 e. The summed E-state index contributed by atoms with van der Waals surface area (Å²) in [6.45, 7) is 5.92. The van der Waals surface area contributed by atoms with Gasteiger partial charge in [0.1, 0.15) is 5.56 Å². The van der Waals surface area contributed by atoms with E-state index in [-0.39, 0.29) is 34.9 Å². The molecule has 160 valence electrons. The van der Waals surface area contributed by atoms with E-state index in [0.29, 0.717) is 17.2 Å². The molecule has 0 aliphatic heterocycles. The molecule has 30 heavy (non-hydrogen) atoms. The number of hydrogen-bond acceptors (Lipinski definition) is 8. The summed E-state index contributed by atoms with van der Waals surface area (Å²) in [7, 11) is 4.83. The normalized spacial score (nSPS) is 11.4. The maximum Gasteiger partial charge on any atom is 0.259 e. The SMILES string of the molecule is COc1cc(-c2onc(N(C)C)c2C(=O)NCc2nc(C(C)(C)C)no2)ccc1F. The van der Waals surface area contributed by atoms with E-state index in [1.54, 1.807) is 19.0 Å². The standard InChI is InChI=1S/C20H24FN5O4/c1-20(2,3)19-23-14(29-25-19)10-22-18(27)15-16(30-24-17(15)26(4)5)11-7-8-12(21)13(9-11)28-6/h7-9H,10H2,1-6H3,(H,22,27). The van der Waals surface area contributed by atoms with E-state index >= 15 is 0 Å². The van der Waals surface area contributed by atoms with Crippen LogP contribution in [0.3, 0.4) is 0 Å². The molecule has 1 N–H and O–H groups in total. The highest BCUT2D eigenvalue weighted by molar-refractivity contribution is 6.04. The Morgan fingerprint density at radius 2 is 1.97 bits per heavy atom. The summed E-state index contributed by atoms with van der Waals surface area (Å²) in [5.41, 5.74) is 0.378. The highest BCUT2D eigenvalue weighted by Crippen LogP contribution is 2.33. The van der Waals surface area contributed by atoms with Gasteiger partial charge in [0.25, 0.3) is 5.91 Å². The Bertz CT molecular complexity index is 1050. The number of carbonyl (C=O) groups excluding carboxylic acids is 1. The Morgan fingerprint density at radius 3 is 2.57 bits per heavy atom. The van der Waals surface area contributed by atoms with Crippen LogP contribution in [0.15, 0.2) is 27.2 Å². The summed E-state index contributed by atoms with van der Waals surface area (Å²) < 4.78 is 29.4. The van der Waals surface area contributed by atoms with Gasteiger partial charge in [-0.1, -0.05) is 31.1 Å². The molecule has 0 bridgehead atoms. The van der Waals surface area contributed by atoms with Gasteiger partial charge in [0.2, 0.25) is 5.89 Å². The molecule has 9 nitrogen and oxygen atoms in total. The fourth-order valence-corrected chi connectivity index (χ4v) is 2.67. The molecule has 0 spiro atoms. The molecule has 0 fully saturated rings. The summed E-state index contributed by atoms with van der Waals surface area (Å²) in [5.74, 6) is 0.398. The number of halogens is 1. The van der Waals surface area contributed by atoms with Crippen molar-refractivity contribution in [3.8, 4) is 17.1 Å². The van der Waals surface area contributed by atoms with Crippen LogP contribution in [0.1, 0.15) is 42.8 Å². The molecule has 1 amide bonds. The Labute approximate surface area is 173 Å². The fraction of sp³-hybridized carbons (Fsp3) is 0.400. The molecule has 2 aromatic heterocycles. The minimum absolute atomic E-state index is 0.0298. The molecular weight excluding hydrogens is 393 g/mol. The Morgan fingerprint density at radius 1 is 1.23 bits per heavy atom. The lowest BCUT2D eigenvalue weighted by Crippen LogP contribution is -2.25. The molecule has 0 radical (unpaired) electrons. The first kappa shape index (κ1) is 21.3. The molecule has 0 aliphatic rings. The highest BCUT2D eigenvalue weighted by atomic mass is 19.1. The minimum atomic E-state index is -0.523. The van der Waals surface area contributed by atoms with Gasteiger partial charge in [0, 0.05) is 25.1 Å². The summed E-state index contributed by atoms with van der Waals surface area (Å²) in [5, 5.41) is 10.7. The van der Waals surface area contributed by atoms with Crippen LogP contribution in [-0.4, -0.2) is 42.4 Å². The van der Waals surface area contributed by atoms with E-state index < -0.39 is 11.7 Å². The average molecular weight is 417 g/mol. The zero-order valence-corrected chi connectivity index (χ0v) is 17.7. The van der Waals surface area contributed by atoms with Gasteiger partial charge in [-0.15, -0.1) is 0 Å². The van der Waals surface area contributed by atoms with Gasteiger partial charge >= 0.3 is 0 Å². The summed E-state index contributed by atoms with van der Waals surface area (Å²) >= 11 is 0. The molecule has 3 aromatic rings. The number of methoxy groups -OCH3 is 1. The number of aromatic nitrogens is 3. The van der Waals surface area contributed by atoms with Crippen molar-refractivity contribution in [2.45, 2.75) is 32.7 Å². The second-order valence-electron chi connectivity index (χ2n) is 7.90. The molecule has 3 rings (SSSR count). The van der Waals surface area contributed by atoms with E-state index in [9.17, 15) is 9.18 Å². The maximum absolute atomic E-state index is 13.8. The third-order valence-electron chi connectivity index (χ3n) is 4.28. The predicted octanol–water partition coefficient (Wildman–Crippen LogP) is 3.17. The van der Waals surface area contributed by atoms with Crippen molar-refractivity contribution >= 4 is 11.7 Å². The van der Waals surface area contributed by atoms with Crippen LogP contribution in [0.2, 0.25) is 0 Å². The number of ether oxygens (including phenoxy) is 1. The van der Waals surface area contributed by atoms with Crippen LogP contribution < -0.4 is 15.0 Å². The first-order valence-electron chi connectivity index (χ1n) is 9.24. The van der Waals surface area contributed by atoms with Crippen molar-refractivity contribution in [3.05, 3.63) is 41.3 Å². The molecule has 1 aromatic carbocycles. The van der Waals surface area contributed by atoms with Crippen LogP contribution in [0.4, 0.5) is 10.2 Å². The first-order chi connectivity index (χ1) is 14.1. The molecule has 0 saturated carbocycles. The van der Waals surface area contributed by atoms with Gasteiger partial charge in [-0.2, -0.15) is 4.98 Å². The number of nitrogens with one attached hydrogen (secondary N) is 1. The zero-order chi connectivity index (χ0) is 22.1. The summed E-state index contributed by atoms with van der Waals surface area (Å²) in [6.07, 6.45) is 0. The molecule has 10 heteroatoms. The minimum Gasteiger partial charge on any atom is -0.494 e. The first-order valence-corrected chi connectivity index (χ1v) is 9.24. The van der Waals surface area contributed by atoms with Crippen LogP contribution in [0, 0.1) is 5.82 Å². The number of nitrogens with zero attached hydrogens (tertiary/aromatic N) is 4. The van der Waals surface area contributed by atoms with Gasteiger partial charge in [-0.25, -0.2) is 4.39 Å². The fourth-order valence-electron chi connectivity index (χ4n) is 2.67. The van der Waals surface area contributed by atoms with E-state index in [1.165, 1.54) is 25.3 Å². The second kappa shape index (κ2) is 8.13. The zero-order valence-electron chi connectivity index (χ0n) is 17.7. The number of rotatable bonds is 6. The van der Waals surface area contributed by atoms with Crippen molar-refractivity contribution in [1.29, 1.82) is 0 Å². The molecule has 2 heterocycles. The summed E-state index contributed by atoms with van der Waals surface area (Å²) in [6, 6.07) is 4.17. The molecule has 0 atom stereocenters. The van der Waals surface area contributed by atoms with Crippen molar-refractivity contribution in [2.75, 3.05) is 26.1 Å². The predicted molar refractivity (Wildman–Crippen MR) is 107 cm³/mol. The second-order valence-corrected chi connectivity index (χ2v) is 7.90. The van der Waals surface area contributed by atoms with Crippen molar-refractivity contribution in [3.63, 3.8) is 0 Å². The number of amides is 1. The quantitative estimate of drug-likeness (QED) is 0.652. The van der Waals surface area contributed by atoms with Gasteiger partial charge in [0.05, 0.1) is 13.7 Å². The molecule has 0 aliphatic carbocycles. The van der Waals surface area contributed by atoms with Gasteiger partial charge in [0.15, 0.2) is 29.0 Å². The third kappa shape index (κ3) is 4.27. The van der Waals surface area contributed by atoms with Crippen LogP contribution >= 0.6 is 0 Å². The third-order valence-corrected chi connectivity index (χ3v) is 4.28. The Hall–Kier alpha value is -3.43. The highest BCUT2D eigenvalue weighted by Gasteiger charge is 2.27. The monoisotopic (exact) mass is 417 g/mol.